The fourth-order valence-corrected chi connectivity index (χ4v) is 11.9. The zero-order chi connectivity index (χ0) is 51.3. The highest BCUT2D eigenvalue weighted by molar-refractivity contribution is 7.86. The van der Waals surface area contributed by atoms with Crippen molar-refractivity contribution in [3.63, 3.8) is 0 Å². The van der Waals surface area contributed by atoms with Crippen molar-refractivity contribution in [1.82, 2.24) is 0 Å². The molecule has 6 rings (SSSR count). The number of hydrogen-bond acceptors (Lipinski definition) is 4. The first-order chi connectivity index (χ1) is 31.8. The lowest BCUT2D eigenvalue weighted by molar-refractivity contribution is -0.288. The van der Waals surface area contributed by atoms with Gasteiger partial charge in [0.05, 0.1) is 16.9 Å². The molecule has 2 aliphatic rings. The van der Waals surface area contributed by atoms with Gasteiger partial charge in [0.2, 0.25) is 5.41 Å². The molecule has 20 heteroatoms. The molecule has 1 saturated carbocycles. The Morgan fingerprint density at radius 2 is 0.899 bits per heavy atom. The fraction of sp³-hybridized carbons (Fsp3) is 0.510. The van der Waals surface area contributed by atoms with E-state index in [1.165, 1.54) is 12.1 Å². The van der Waals surface area contributed by atoms with Crippen LogP contribution in [-0.4, -0.2) is 62.2 Å². The molecule has 2 aliphatic carbocycles. The lowest BCUT2D eigenvalue weighted by Crippen LogP contribution is -2.55. The third kappa shape index (κ3) is 10.3. The molecule has 6 nitrogen and oxygen atoms in total. The highest BCUT2D eigenvalue weighted by Crippen LogP contribution is 2.60. The number of hydrogen-bond donors (Lipinski definition) is 2. The van der Waals surface area contributed by atoms with E-state index in [9.17, 15) is 34.6 Å². The minimum atomic E-state index is -6.27. The van der Waals surface area contributed by atoms with Gasteiger partial charge < -0.3 is 0 Å². The van der Waals surface area contributed by atoms with Gasteiger partial charge in [-0.1, -0.05) is 135 Å². The molecule has 2 atom stereocenters. The Kier molecular flexibility index (Phi) is 15.0. The maximum absolute atomic E-state index is 16.3. The summed E-state index contributed by atoms with van der Waals surface area (Å²) in [4.78, 5) is 0. The van der Waals surface area contributed by atoms with Crippen molar-refractivity contribution in [3.05, 3.63) is 129 Å². The molecule has 0 heterocycles. The summed E-state index contributed by atoms with van der Waals surface area (Å²) < 4.78 is 248. The highest BCUT2D eigenvalue weighted by atomic mass is 32.2. The maximum atomic E-state index is 16.3. The molecule has 1 fully saturated rings. The normalized spacial score (nSPS) is 17.6. The number of alkyl halides is 12. The lowest BCUT2D eigenvalue weighted by atomic mass is 9.65. The molecule has 2 N–H and O–H groups in total. The Balaban J connectivity index is 1.49. The summed E-state index contributed by atoms with van der Waals surface area (Å²) in [7, 11) is -8.92. The van der Waals surface area contributed by atoms with Gasteiger partial charge in [0.15, 0.2) is 0 Å². The second kappa shape index (κ2) is 19.1. The Morgan fingerprint density at radius 3 is 1.35 bits per heavy atom. The summed E-state index contributed by atoms with van der Waals surface area (Å²) in [6.45, 7) is 2.57. The molecule has 0 aromatic heterocycles. The van der Waals surface area contributed by atoms with Gasteiger partial charge in [-0.25, -0.2) is 0 Å². The van der Waals surface area contributed by atoms with Crippen LogP contribution in [0, 0.1) is 6.92 Å². The lowest BCUT2D eigenvalue weighted by Gasteiger charge is -2.41. The molecule has 0 saturated heterocycles. The number of rotatable bonds is 17. The van der Waals surface area contributed by atoms with Crippen molar-refractivity contribution in [1.29, 1.82) is 0 Å². The number of unbranched alkanes of at least 4 members (excludes halogenated alkanes) is 4. The van der Waals surface area contributed by atoms with Crippen LogP contribution in [-0.2, 0) is 41.9 Å². The van der Waals surface area contributed by atoms with Crippen LogP contribution in [0.3, 0.4) is 0 Å². The van der Waals surface area contributed by atoms with Crippen LogP contribution >= 0.6 is 0 Å². The summed E-state index contributed by atoms with van der Waals surface area (Å²) in [6.07, 6.45) is -22.3. The van der Waals surface area contributed by atoms with Gasteiger partial charge in [-0.2, -0.15) is 69.5 Å². The van der Waals surface area contributed by atoms with Gasteiger partial charge in [0.1, 0.15) is 5.41 Å². The summed E-state index contributed by atoms with van der Waals surface area (Å²) in [5.41, 5.74) is -12.5. The predicted octanol–water partition coefficient (Wildman–Crippen LogP) is 14.2. The Bertz CT molecular complexity index is 2670. The predicted molar refractivity (Wildman–Crippen MR) is 236 cm³/mol. The van der Waals surface area contributed by atoms with Gasteiger partial charge in [-0.15, -0.1) is 0 Å². The number of aryl methyl sites for hydroxylation is 1. The SMILES string of the molecule is Cc1ccc2c(c1)C1(CCCCC1)c1cc(C(CCCCCS(=O)(=O)O)(c3ccc(C(c4ccc(C(C)(CCCCCS(=O)(=O)O)C(F)(F)F)cc4)(C(F)(F)F)C(F)(F)F)cc3)C(F)(F)F)ccc1-2. The first-order valence-electron chi connectivity index (χ1n) is 22.4. The Hall–Kier alpha value is -4.14. The zero-order valence-corrected chi connectivity index (χ0v) is 39.2. The average molecular weight is 1030 g/mol. The second-order valence-corrected chi connectivity index (χ2v) is 21.9. The van der Waals surface area contributed by atoms with E-state index in [0.717, 1.165) is 36.0 Å². The molecule has 0 radical (unpaired) electrons. The van der Waals surface area contributed by atoms with Crippen molar-refractivity contribution in [2.75, 3.05) is 11.5 Å². The molecule has 1 spiro atoms. The molecule has 0 amide bonds. The van der Waals surface area contributed by atoms with Crippen LogP contribution in [0.5, 0.6) is 0 Å². The van der Waals surface area contributed by atoms with E-state index in [4.69, 9.17) is 4.55 Å². The van der Waals surface area contributed by atoms with E-state index in [2.05, 4.69) is 0 Å². The van der Waals surface area contributed by atoms with Gasteiger partial charge in [0, 0.05) is 5.41 Å². The summed E-state index contributed by atoms with van der Waals surface area (Å²) >= 11 is 0. The fourth-order valence-electron chi connectivity index (χ4n) is 10.8. The minimum Gasteiger partial charge on any atom is -0.286 e. The first-order valence-corrected chi connectivity index (χ1v) is 25.6. The molecule has 380 valence electrons. The average Bonchev–Trinajstić information content (AvgIpc) is 3.47. The molecule has 0 bridgehead atoms. The quantitative estimate of drug-likeness (QED) is 0.0620. The van der Waals surface area contributed by atoms with E-state index < -0.39 is 113 Å². The number of fused-ring (bicyclic) bond motifs is 5. The zero-order valence-electron chi connectivity index (χ0n) is 37.6. The van der Waals surface area contributed by atoms with E-state index >= 15 is 39.5 Å². The highest BCUT2D eigenvalue weighted by Gasteiger charge is 2.73. The second-order valence-electron chi connectivity index (χ2n) is 18.8. The largest absolute Gasteiger partial charge is 0.411 e. The molecule has 4 aromatic rings. The van der Waals surface area contributed by atoms with E-state index in [1.807, 2.05) is 25.1 Å². The minimum absolute atomic E-state index is 0.129. The third-order valence-corrected chi connectivity index (χ3v) is 16.1. The topological polar surface area (TPSA) is 109 Å². The third-order valence-electron chi connectivity index (χ3n) is 14.5. The Morgan fingerprint density at radius 1 is 0.478 bits per heavy atom. The van der Waals surface area contributed by atoms with E-state index in [-0.39, 0.29) is 56.2 Å². The van der Waals surface area contributed by atoms with Crippen LogP contribution < -0.4 is 0 Å². The van der Waals surface area contributed by atoms with Gasteiger partial charge >= 0.3 is 24.7 Å². The summed E-state index contributed by atoms with van der Waals surface area (Å²) in [5, 5.41) is 0. The molecule has 0 aliphatic heterocycles. The van der Waals surface area contributed by atoms with Gasteiger partial charge in [-0.3, -0.25) is 9.11 Å². The maximum Gasteiger partial charge on any atom is 0.411 e. The van der Waals surface area contributed by atoms with E-state index in [1.54, 1.807) is 6.07 Å². The van der Waals surface area contributed by atoms with Crippen molar-refractivity contribution < 1.29 is 78.6 Å². The number of benzene rings is 4. The first kappa shape index (κ1) is 54.2. The molecular weight excluding hydrogens is 977 g/mol. The van der Waals surface area contributed by atoms with Crippen LogP contribution in [0.2, 0.25) is 0 Å². The molecule has 69 heavy (non-hydrogen) atoms. The van der Waals surface area contributed by atoms with Crippen LogP contribution in [0.1, 0.15) is 135 Å². The van der Waals surface area contributed by atoms with Crippen LogP contribution in [0.4, 0.5) is 52.7 Å². The van der Waals surface area contributed by atoms with E-state index in [0.29, 0.717) is 67.3 Å². The standard InChI is InChI=1S/C49H52F12O6S2/c1-32-12-22-38-39-23-21-37(31-41(39)43(40(38)30-32)25-7-3-8-26-43)44(47(53,54)55,27-9-5-11-29-69(65,66)67)34-15-19-36(20-16-34)45(48(56,57)58,49(59,60)61)35-17-13-33(14-18-35)42(2,46(50,51)52)24-6-4-10-28-68(62,63)64/h12-23,30-31H,3-11,24-29H2,1-2H3,(H,62,63,64)(H,65,66,67). The van der Waals surface area contributed by atoms with Crippen LogP contribution in [0.15, 0.2) is 84.9 Å². The molecule has 2 unspecified atom stereocenters. The van der Waals surface area contributed by atoms with Crippen molar-refractivity contribution >= 4 is 20.2 Å². The Labute approximate surface area is 393 Å². The summed E-state index contributed by atoms with van der Waals surface area (Å²) in [6, 6.07) is 13.2. The number of halogens is 12. The molecular formula is C49H52F12O6S2. The van der Waals surface area contributed by atoms with Gasteiger partial charge in [0.25, 0.3) is 20.2 Å². The monoisotopic (exact) mass is 1030 g/mol. The molecule has 4 aromatic carbocycles. The van der Waals surface area contributed by atoms with Gasteiger partial charge in [-0.05, 0) is 102 Å². The smallest absolute Gasteiger partial charge is 0.286 e. The van der Waals surface area contributed by atoms with Crippen molar-refractivity contribution in [2.45, 2.75) is 144 Å². The van der Waals surface area contributed by atoms with Crippen molar-refractivity contribution in [2.24, 2.45) is 0 Å². The van der Waals surface area contributed by atoms with Crippen molar-refractivity contribution in [3.8, 4) is 11.1 Å². The summed E-state index contributed by atoms with van der Waals surface area (Å²) in [5.74, 6) is -1.52. The van der Waals surface area contributed by atoms with Crippen LogP contribution in [0.25, 0.3) is 11.1 Å².